The van der Waals surface area contributed by atoms with Gasteiger partial charge in [0.05, 0.1) is 7.11 Å². The molecule has 1 rings (SSSR count). The molecule has 0 spiro atoms. The van der Waals surface area contributed by atoms with E-state index in [0.29, 0.717) is 0 Å². The van der Waals surface area contributed by atoms with Crippen LogP contribution in [0.5, 0.6) is 5.75 Å². The Morgan fingerprint density at radius 1 is 1.32 bits per heavy atom. The van der Waals surface area contributed by atoms with Crippen LogP contribution in [-0.2, 0) is 14.9 Å². The van der Waals surface area contributed by atoms with Crippen LogP contribution in [0.3, 0.4) is 0 Å². The smallest absolute Gasteiger partial charge is 0.296 e. The lowest BCUT2D eigenvalue weighted by atomic mass is 9.95. The van der Waals surface area contributed by atoms with Crippen molar-refractivity contribution in [2.75, 3.05) is 12.4 Å². The van der Waals surface area contributed by atoms with Crippen molar-refractivity contribution in [3.05, 3.63) is 18.2 Å². The number of hydrogen-bond acceptors (Lipinski definition) is 4. The van der Waals surface area contributed by atoms with E-state index in [0.717, 1.165) is 0 Å². The maximum absolute atomic E-state index is 11.9. The fourth-order valence-electron chi connectivity index (χ4n) is 1.32. The van der Waals surface area contributed by atoms with Gasteiger partial charge in [0.1, 0.15) is 16.3 Å². The zero-order chi connectivity index (χ0) is 14.8. The van der Waals surface area contributed by atoms with Crippen LogP contribution < -0.4 is 10.1 Å². The molecule has 0 aromatic heterocycles. The third-order valence-corrected chi connectivity index (χ3v) is 3.30. The molecule has 2 N–H and O–H groups in total. The fourth-order valence-corrected chi connectivity index (χ4v) is 1.98. The van der Waals surface area contributed by atoms with Gasteiger partial charge in [-0.05, 0) is 12.1 Å². The van der Waals surface area contributed by atoms with Crippen LogP contribution in [0.4, 0.5) is 5.69 Å². The van der Waals surface area contributed by atoms with Gasteiger partial charge in [-0.25, -0.2) is 0 Å². The van der Waals surface area contributed by atoms with E-state index in [1.807, 2.05) is 0 Å². The first-order valence-corrected chi connectivity index (χ1v) is 6.97. The van der Waals surface area contributed by atoms with Crippen LogP contribution in [0.1, 0.15) is 20.8 Å². The third kappa shape index (κ3) is 3.68. The first-order valence-electron chi connectivity index (χ1n) is 5.53. The molecule has 19 heavy (non-hydrogen) atoms. The van der Waals surface area contributed by atoms with E-state index in [4.69, 9.17) is 4.74 Å². The lowest BCUT2D eigenvalue weighted by molar-refractivity contribution is -0.123. The molecule has 0 atom stereocenters. The molecule has 0 fully saturated rings. The molecule has 1 aromatic carbocycles. The Labute approximate surface area is 112 Å². The van der Waals surface area contributed by atoms with Crippen LogP contribution >= 0.6 is 0 Å². The molecule has 0 bridgehead atoms. The third-order valence-electron chi connectivity index (χ3n) is 2.41. The van der Waals surface area contributed by atoms with Crippen molar-refractivity contribution < 1.29 is 22.5 Å². The highest BCUT2D eigenvalue weighted by Crippen LogP contribution is 2.32. The number of benzene rings is 1. The summed E-state index contributed by atoms with van der Waals surface area (Å²) in [6, 6.07) is 4.10. The number of anilines is 1. The fraction of sp³-hybridized carbons (Fsp3) is 0.417. The Bertz CT molecular complexity index is 587. The number of methoxy groups -OCH3 is 1. The number of ether oxygens (including phenoxy) is 1. The van der Waals surface area contributed by atoms with Crippen LogP contribution in [0.25, 0.3) is 0 Å². The molecule has 106 valence electrons. The molecule has 1 aromatic rings. The van der Waals surface area contributed by atoms with Crippen LogP contribution in [0, 0.1) is 5.41 Å². The van der Waals surface area contributed by atoms with Crippen molar-refractivity contribution in [2.45, 2.75) is 25.7 Å². The van der Waals surface area contributed by atoms with Gasteiger partial charge in [0.15, 0.2) is 0 Å². The summed E-state index contributed by atoms with van der Waals surface area (Å²) in [7, 11) is -3.11. The second kappa shape index (κ2) is 5.18. The minimum atomic E-state index is -4.45. The molecule has 7 heteroatoms. The van der Waals surface area contributed by atoms with Gasteiger partial charge in [-0.2, -0.15) is 8.42 Å². The molecular formula is C12H17NO5S. The Morgan fingerprint density at radius 2 is 1.89 bits per heavy atom. The molecule has 0 saturated carbocycles. The Kier molecular flexibility index (Phi) is 4.21. The normalized spacial score (nSPS) is 12.1. The van der Waals surface area contributed by atoms with Crippen LogP contribution in [0.15, 0.2) is 23.1 Å². The topological polar surface area (TPSA) is 92.7 Å². The quantitative estimate of drug-likeness (QED) is 0.829. The van der Waals surface area contributed by atoms with Gasteiger partial charge in [0.2, 0.25) is 5.91 Å². The first-order chi connectivity index (χ1) is 8.57. The second-order valence-electron chi connectivity index (χ2n) is 5.01. The largest absolute Gasteiger partial charge is 0.495 e. The zero-order valence-electron chi connectivity index (χ0n) is 11.2. The number of hydrogen-bond donors (Lipinski definition) is 2. The van der Waals surface area contributed by atoms with Gasteiger partial charge in [0, 0.05) is 5.41 Å². The molecule has 0 unspecified atom stereocenters. The van der Waals surface area contributed by atoms with Crippen molar-refractivity contribution in [3.63, 3.8) is 0 Å². The first kappa shape index (κ1) is 15.5. The average molecular weight is 287 g/mol. The summed E-state index contributed by atoms with van der Waals surface area (Å²) in [5.41, 5.74) is -0.774. The number of carbonyl (C=O) groups is 1. The number of nitrogens with one attached hydrogen (secondary N) is 1. The summed E-state index contributed by atoms with van der Waals surface area (Å²) in [5.74, 6) is -0.227. The lowest BCUT2D eigenvalue weighted by Gasteiger charge is -2.20. The average Bonchev–Trinajstić information content (AvgIpc) is 2.26. The van der Waals surface area contributed by atoms with Crippen LogP contribution in [0.2, 0.25) is 0 Å². The number of amides is 1. The highest BCUT2D eigenvalue weighted by atomic mass is 32.2. The Balaban J connectivity index is 3.36. The maximum atomic E-state index is 11.9. The number of para-hydroxylation sites is 1. The summed E-state index contributed by atoms with van der Waals surface area (Å²) < 4.78 is 36.8. The van der Waals surface area contributed by atoms with Gasteiger partial charge in [-0.1, -0.05) is 26.8 Å². The minimum absolute atomic E-state index is 0.0626. The van der Waals surface area contributed by atoms with E-state index in [1.165, 1.54) is 25.3 Å². The highest BCUT2D eigenvalue weighted by molar-refractivity contribution is 7.86. The number of rotatable bonds is 3. The Morgan fingerprint density at radius 3 is 2.32 bits per heavy atom. The van der Waals surface area contributed by atoms with Crippen molar-refractivity contribution in [1.82, 2.24) is 0 Å². The van der Waals surface area contributed by atoms with Gasteiger partial charge in [-0.3, -0.25) is 9.35 Å². The molecule has 0 aliphatic heterocycles. The van der Waals surface area contributed by atoms with Crippen molar-refractivity contribution in [2.24, 2.45) is 5.41 Å². The zero-order valence-corrected chi connectivity index (χ0v) is 12.0. The van der Waals surface area contributed by atoms with Crippen molar-refractivity contribution in [1.29, 1.82) is 0 Å². The van der Waals surface area contributed by atoms with Gasteiger partial charge in [-0.15, -0.1) is 0 Å². The monoisotopic (exact) mass is 287 g/mol. The summed E-state index contributed by atoms with van der Waals surface area (Å²) in [6.45, 7) is 5.06. The molecule has 0 radical (unpaired) electrons. The lowest BCUT2D eigenvalue weighted by Crippen LogP contribution is -2.28. The van der Waals surface area contributed by atoms with Gasteiger partial charge in [0.25, 0.3) is 10.1 Å². The summed E-state index contributed by atoms with van der Waals surface area (Å²) in [5, 5.41) is 2.47. The molecular weight excluding hydrogens is 270 g/mol. The van der Waals surface area contributed by atoms with E-state index in [1.54, 1.807) is 20.8 Å². The molecule has 6 nitrogen and oxygen atoms in total. The summed E-state index contributed by atoms with van der Waals surface area (Å²) in [6.07, 6.45) is 0. The molecule has 0 saturated heterocycles. The van der Waals surface area contributed by atoms with Crippen LogP contribution in [-0.4, -0.2) is 26.0 Å². The standard InChI is InChI=1S/C12H17NO5S/c1-12(2,3)11(14)13-10-8(18-4)6-5-7-9(10)19(15,16)17/h5-7H,1-4H3,(H,13,14)(H,15,16,17). The van der Waals surface area contributed by atoms with E-state index in [9.17, 15) is 17.8 Å². The maximum Gasteiger partial charge on any atom is 0.296 e. The summed E-state index contributed by atoms with van der Waals surface area (Å²) in [4.78, 5) is 11.5. The van der Waals surface area contributed by atoms with Crippen molar-refractivity contribution >= 4 is 21.7 Å². The second-order valence-corrected chi connectivity index (χ2v) is 6.40. The van der Waals surface area contributed by atoms with Crippen molar-refractivity contribution in [3.8, 4) is 5.75 Å². The minimum Gasteiger partial charge on any atom is -0.495 e. The molecule has 0 heterocycles. The molecule has 1 amide bonds. The Hall–Kier alpha value is -1.60. The SMILES string of the molecule is COc1cccc(S(=O)(=O)O)c1NC(=O)C(C)(C)C. The van der Waals surface area contributed by atoms with E-state index in [-0.39, 0.29) is 17.3 Å². The predicted octanol–water partition coefficient (Wildman–Crippen LogP) is 1.93. The number of carbonyl (C=O) groups excluding carboxylic acids is 1. The highest BCUT2D eigenvalue weighted by Gasteiger charge is 2.26. The summed E-state index contributed by atoms with van der Waals surface area (Å²) >= 11 is 0. The van der Waals surface area contributed by atoms with Gasteiger partial charge < -0.3 is 10.1 Å². The molecule has 0 aliphatic rings. The van der Waals surface area contributed by atoms with E-state index < -0.39 is 20.4 Å². The predicted molar refractivity (Wildman–Crippen MR) is 70.9 cm³/mol. The molecule has 0 aliphatic carbocycles. The van der Waals surface area contributed by atoms with E-state index in [2.05, 4.69) is 5.32 Å². The van der Waals surface area contributed by atoms with E-state index >= 15 is 0 Å². The van der Waals surface area contributed by atoms with Gasteiger partial charge >= 0.3 is 0 Å².